The van der Waals surface area contributed by atoms with E-state index in [1.807, 2.05) is 0 Å². The topological polar surface area (TPSA) is 73.3 Å². The van der Waals surface area contributed by atoms with Crippen molar-refractivity contribution in [3.05, 3.63) is 29.0 Å². The molecule has 0 saturated heterocycles. The summed E-state index contributed by atoms with van der Waals surface area (Å²) in [4.78, 5) is 37.8. The molecule has 0 aliphatic carbocycles. The van der Waals surface area contributed by atoms with E-state index in [4.69, 9.17) is 11.6 Å². The Bertz CT molecular complexity index is 469. The zero-order valence-corrected chi connectivity index (χ0v) is 10.7. The molecule has 1 unspecified atom stereocenters. The fourth-order valence-electron chi connectivity index (χ4n) is 1.22. The normalized spacial score (nSPS) is 11.7. The number of carbonyl (C=O) groups is 3. The molecule has 18 heavy (non-hydrogen) atoms. The SMILES string of the molecule is CC(=O)OCC(=O)C(C)C(=O)c1ccc(Cl)nc1. The number of Topliss-reactive ketones (excluding diaryl/α,β-unsaturated/α-hetero) is 2. The Morgan fingerprint density at radius 3 is 2.56 bits per heavy atom. The molecule has 96 valence electrons. The lowest BCUT2D eigenvalue weighted by Crippen LogP contribution is -2.26. The standard InChI is InChI=1S/C12H12ClNO4/c1-7(10(16)6-18-8(2)15)12(17)9-3-4-11(13)14-5-9/h3-5,7H,6H2,1-2H3. The molecule has 1 atom stereocenters. The summed E-state index contributed by atoms with van der Waals surface area (Å²) in [5.41, 5.74) is 0.295. The van der Waals surface area contributed by atoms with Crippen molar-refractivity contribution in [3.63, 3.8) is 0 Å². The summed E-state index contributed by atoms with van der Waals surface area (Å²) < 4.78 is 4.55. The number of esters is 1. The highest BCUT2D eigenvalue weighted by Crippen LogP contribution is 2.11. The molecule has 0 bridgehead atoms. The first-order chi connectivity index (χ1) is 8.41. The number of hydrogen-bond acceptors (Lipinski definition) is 5. The molecule has 0 N–H and O–H groups in total. The molecular weight excluding hydrogens is 258 g/mol. The van der Waals surface area contributed by atoms with E-state index < -0.39 is 24.3 Å². The second-order valence-corrected chi connectivity index (χ2v) is 4.09. The molecule has 1 aromatic heterocycles. The zero-order chi connectivity index (χ0) is 13.7. The molecule has 1 heterocycles. The highest BCUT2D eigenvalue weighted by molar-refractivity contribution is 6.29. The van der Waals surface area contributed by atoms with Gasteiger partial charge in [0.2, 0.25) is 0 Å². The van der Waals surface area contributed by atoms with Crippen molar-refractivity contribution >= 4 is 29.1 Å². The van der Waals surface area contributed by atoms with Crippen LogP contribution in [0.4, 0.5) is 0 Å². The summed E-state index contributed by atoms with van der Waals surface area (Å²) in [5.74, 6) is -2.27. The molecule has 1 rings (SSSR count). The van der Waals surface area contributed by atoms with Crippen molar-refractivity contribution in [1.29, 1.82) is 0 Å². The van der Waals surface area contributed by atoms with E-state index in [0.717, 1.165) is 0 Å². The third-order valence-electron chi connectivity index (χ3n) is 2.31. The number of ether oxygens (including phenoxy) is 1. The lowest BCUT2D eigenvalue weighted by Gasteiger charge is -2.09. The van der Waals surface area contributed by atoms with Gasteiger partial charge in [0.25, 0.3) is 0 Å². The van der Waals surface area contributed by atoms with Crippen LogP contribution in [-0.2, 0) is 14.3 Å². The highest BCUT2D eigenvalue weighted by Gasteiger charge is 2.23. The van der Waals surface area contributed by atoms with E-state index >= 15 is 0 Å². The molecule has 0 spiro atoms. The van der Waals surface area contributed by atoms with Gasteiger partial charge in [-0.05, 0) is 19.1 Å². The molecule has 0 saturated carbocycles. The van der Waals surface area contributed by atoms with E-state index in [9.17, 15) is 14.4 Å². The molecule has 0 fully saturated rings. The van der Waals surface area contributed by atoms with Gasteiger partial charge in [0.15, 0.2) is 18.2 Å². The number of halogens is 1. The first-order valence-corrected chi connectivity index (χ1v) is 5.61. The third-order valence-corrected chi connectivity index (χ3v) is 2.53. The van der Waals surface area contributed by atoms with E-state index in [-0.39, 0.29) is 10.9 Å². The first-order valence-electron chi connectivity index (χ1n) is 5.23. The van der Waals surface area contributed by atoms with Crippen molar-refractivity contribution in [2.24, 2.45) is 5.92 Å². The lowest BCUT2D eigenvalue weighted by atomic mass is 9.97. The van der Waals surface area contributed by atoms with Gasteiger partial charge < -0.3 is 4.74 Å². The predicted molar refractivity (Wildman–Crippen MR) is 64.4 cm³/mol. The molecule has 6 heteroatoms. The van der Waals surface area contributed by atoms with Crippen molar-refractivity contribution in [1.82, 2.24) is 4.98 Å². The number of hydrogen-bond donors (Lipinski definition) is 0. The summed E-state index contributed by atoms with van der Waals surface area (Å²) in [6, 6.07) is 2.96. The van der Waals surface area contributed by atoms with Crippen LogP contribution in [-0.4, -0.2) is 29.1 Å². The monoisotopic (exact) mass is 269 g/mol. The van der Waals surface area contributed by atoms with Gasteiger partial charge in [-0.1, -0.05) is 11.6 Å². The Balaban J connectivity index is 2.68. The zero-order valence-electron chi connectivity index (χ0n) is 9.97. The molecule has 0 aromatic carbocycles. The Labute approximate surface area is 109 Å². The molecule has 5 nitrogen and oxygen atoms in total. The molecule has 1 aromatic rings. The smallest absolute Gasteiger partial charge is 0.303 e. The van der Waals surface area contributed by atoms with Crippen LogP contribution in [0.2, 0.25) is 5.15 Å². The molecule has 0 aliphatic heterocycles. The van der Waals surface area contributed by atoms with Gasteiger partial charge >= 0.3 is 5.97 Å². The quantitative estimate of drug-likeness (QED) is 0.352. The Morgan fingerprint density at radius 1 is 1.39 bits per heavy atom. The molecule has 0 radical (unpaired) electrons. The fourth-order valence-corrected chi connectivity index (χ4v) is 1.33. The summed E-state index contributed by atoms with van der Waals surface area (Å²) >= 11 is 5.60. The average molecular weight is 270 g/mol. The second-order valence-electron chi connectivity index (χ2n) is 3.70. The van der Waals surface area contributed by atoms with Gasteiger partial charge in [-0.15, -0.1) is 0 Å². The minimum Gasteiger partial charge on any atom is -0.458 e. The average Bonchev–Trinajstić information content (AvgIpc) is 2.35. The van der Waals surface area contributed by atoms with Gasteiger partial charge in [0, 0.05) is 18.7 Å². The molecule has 0 aliphatic rings. The van der Waals surface area contributed by atoms with Gasteiger partial charge in [0.05, 0.1) is 5.92 Å². The largest absolute Gasteiger partial charge is 0.458 e. The Hall–Kier alpha value is -1.75. The van der Waals surface area contributed by atoms with E-state index in [0.29, 0.717) is 5.56 Å². The fraction of sp³-hybridized carbons (Fsp3) is 0.333. The second kappa shape index (κ2) is 6.26. The Morgan fingerprint density at radius 2 is 2.06 bits per heavy atom. The van der Waals surface area contributed by atoms with Crippen LogP contribution >= 0.6 is 11.6 Å². The van der Waals surface area contributed by atoms with Gasteiger partial charge in [-0.25, -0.2) is 4.98 Å². The summed E-state index contributed by atoms with van der Waals surface area (Å²) in [7, 11) is 0. The lowest BCUT2D eigenvalue weighted by molar-refractivity contribution is -0.146. The minimum atomic E-state index is -0.882. The number of aromatic nitrogens is 1. The first kappa shape index (κ1) is 14.3. The predicted octanol–water partition coefficient (Wildman–Crippen LogP) is 1.69. The van der Waals surface area contributed by atoms with Gasteiger partial charge in [-0.3, -0.25) is 14.4 Å². The van der Waals surface area contributed by atoms with E-state index in [1.165, 1.54) is 32.2 Å². The third kappa shape index (κ3) is 3.92. The van der Waals surface area contributed by atoms with Crippen LogP contribution in [0.25, 0.3) is 0 Å². The van der Waals surface area contributed by atoms with Crippen molar-refractivity contribution in [2.45, 2.75) is 13.8 Å². The maximum absolute atomic E-state index is 11.9. The summed E-state index contributed by atoms with van der Waals surface area (Å²) in [5, 5.41) is 0.269. The van der Waals surface area contributed by atoms with Crippen LogP contribution in [0, 0.1) is 5.92 Å². The maximum Gasteiger partial charge on any atom is 0.303 e. The number of rotatable bonds is 5. The maximum atomic E-state index is 11.9. The van der Waals surface area contributed by atoms with Gasteiger partial charge in [0.1, 0.15) is 5.15 Å². The van der Waals surface area contributed by atoms with Gasteiger partial charge in [-0.2, -0.15) is 0 Å². The number of nitrogens with zero attached hydrogens (tertiary/aromatic N) is 1. The van der Waals surface area contributed by atoms with Crippen LogP contribution in [0.3, 0.4) is 0 Å². The van der Waals surface area contributed by atoms with Crippen molar-refractivity contribution in [2.75, 3.05) is 6.61 Å². The van der Waals surface area contributed by atoms with Crippen LogP contribution in [0.15, 0.2) is 18.3 Å². The molecular formula is C12H12ClNO4. The number of pyridine rings is 1. The van der Waals surface area contributed by atoms with Crippen LogP contribution < -0.4 is 0 Å². The summed E-state index contributed by atoms with van der Waals surface area (Å²) in [6.07, 6.45) is 1.31. The minimum absolute atomic E-state index is 0.269. The summed E-state index contributed by atoms with van der Waals surface area (Å²) in [6.45, 7) is 2.26. The van der Waals surface area contributed by atoms with E-state index in [2.05, 4.69) is 9.72 Å². The van der Waals surface area contributed by atoms with Crippen LogP contribution in [0.5, 0.6) is 0 Å². The number of ketones is 2. The van der Waals surface area contributed by atoms with Crippen molar-refractivity contribution in [3.8, 4) is 0 Å². The molecule has 0 amide bonds. The van der Waals surface area contributed by atoms with E-state index in [1.54, 1.807) is 0 Å². The van der Waals surface area contributed by atoms with Crippen molar-refractivity contribution < 1.29 is 19.1 Å². The van der Waals surface area contributed by atoms with Crippen LogP contribution in [0.1, 0.15) is 24.2 Å². The Kier molecular flexibility index (Phi) is 4.97. The number of carbonyl (C=O) groups excluding carboxylic acids is 3. The highest BCUT2D eigenvalue weighted by atomic mass is 35.5.